The highest BCUT2D eigenvalue weighted by atomic mass is 16.6. The summed E-state index contributed by atoms with van der Waals surface area (Å²) in [7, 11) is 1.28. The smallest absolute Gasteiger partial charge is 0.398 e. The van der Waals surface area contributed by atoms with Gasteiger partial charge in [0.15, 0.2) is 5.71 Å². The fourth-order valence-corrected chi connectivity index (χ4v) is 1.03. The number of carbonyl (C=O) groups excluding carboxylic acids is 2. The topological polar surface area (TPSA) is 91.0 Å². The van der Waals surface area contributed by atoms with E-state index in [0.29, 0.717) is 5.56 Å². The summed E-state index contributed by atoms with van der Waals surface area (Å²) in [5.41, 5.74) is 5.07. The molecular formula is C10H10N2O4. The highest BCUT2D eigenvalue weighted by Crippen LogP contribution is 2.03. The van der Waals surface area contributed by atoms with Crippen molar-refractivity contribution in [2.45, 2.75) is 0 Å². The van der Waals surface area contributed by atoms with Gasteiger partial charge in [0.25, 0.3) is 0 Å². The Labute approximate surface area is 91.6 Å². The highest BCUT2D eigenvalue weighted by Gasteiger charge is 2.18. The fourth-order valence-electron chi connectivity index (χ4n) is 1.03. The molecule has 0 aliphatic rings. The van der Waals surface area contributed by atoms with Crippen LogP contribution in [0.25, 0.3) is 0 Å². The number of primary amides is 1. The van der Waals surface area contributed by atoms with E-state index in [0.717, 1.165) is 0 Å². The van der Waals surface area contributed by atoms with Crippen LogP contribution in [0.15, 0.2) is 35.5 Å². The zero-order valence-electron chi connectivity index (χ0n) is 8.54. The van der Waals surface area contributed by atoms with E-state index in [1.807, 2.05) is 0 Å². The summed E-state index contributed by atoms with van der Waals surface area (Å²) in [4.78, 5) is 26.3. The van der Waals surface area contributed by atoms with Gasteiger partial charge in [-0.25, -0.2) is 9.59 Å². The lowest BCUT2D eigenvalue weighted by atomic mass is 10.1. The summed E-state index contributed by atoms with van der Waals surface area (Å²) >= 11 is 0. The molecule has 0 saturated carbocycles. The summed E-state index contributed by atoms with van der Waals surface area (Å²) in [6, 6.07) is 8.43. The molecule has 6 heteroatoms. The van der Waals surface area contributed by atoms with Gasteiger partial charge in [0.2, 0.25) is 0 Å². The number of esters is 1. The molecule has 0 spiro atoms. The molecule has 0 saturated heterocycles. The molecule has 0 aliphatic heterocycles. The number of oxime groups is 1. The number of ether oxygens (including phenoxy) is 1. The van der Waals surface area contributed by atoms with E-state index in [4.69, 9.17) is 5.73 Å². The zero-order valence-corrected chi connectivity index (χ0v) is 8.54. The Morgan fingerprint density at radius 3 is 2.38 bits per heavy atom. The Bertz CT molecular complexity index is 414. The van der Waals surface area contributed by atoms with Gasteiger partial charge in [-0.05, 0) is 0 Å². The van der Waals surface area contributed by atoms with E-state index in [1.165, 1.54) is 7.11 Å². The lowest BCUT2D eigenvalue weighted by molar-refractivity contribution is -0.129. The second-order valence-corrected chi connectivity index (χ2v) is 2.70. The Morgan fingerprint density at radius 1 is 1.25 bits per heavy atom. The first-order valence-corrected chi connectivity index (χ1v) is 4.33. The molecule has 0 heterocycles. The van der Waals surface area contributed by atoms with Crippen molar-refractivity contribution < 1.29 is 19.2 Å². The van der Waals surface area contributed by atoms with Crippen molar-refractivity contribution in [2.24, 2.45) is 10.9 Å². The van der Waals surface area contributed by atoms with Gasteiger partial charge in [-0.2, -0.15) is 0 Å². The number of hydrogen-bond acceptors (Lipinski definition) is 5. The SMILES string of the molecule is CON=C(C(=O)OC(N)=O)c1ccccc1. The van der Waals surface area contributed by atoms with Crippen LogP contribution in [0.1, 0.15) is 5.56 Å². The van der Waals surface area contributed by atoms with E-state index in [9.17, 15) is 9.59 Å². The Hall–Kier alpha value is -2.37. The van der Waals surface area contributed by atoms with Crippen LogP contribution in [-0.4, -0.2) is 24.9 Å². The average Bonchev–Trinajstić information content (AvgIpc) is 2.26. The minimum atomic E-state index is -1.19. The second-order valence-electron chi connectivity index (χ2n) is 2.70. The van der Waals surface area contributed by atoms with Crippen LogP contribution in [0.3, 0.4) is 0 Å². The van der Waals surface area contributed by atoms with Gasteiger partial charge >= 0.3 is 12.1 Å². The molecule has 84 valence electrons. The number of benzene rings is 1. The van der Waals surface area contributed by atoms with E-state index in [1.54, 1.807) is 30.3 Å². The molecular weight excluding hydrogens is 212 g/mol. The molecule has 1 rings (SSSR count). The van der Waals surface area contributed by atoms with Crippen LogP contribution in [0, 0.1) is 0 Å². The first kappa shape index (κ1) is 11.7. The maximum Gasteiger partial charge on any atom is 0.412 e. The van der Waals surface area contributed by atoms with Crippen molar-refractivity contribution in [1.82, 2.24) is 0 Å². The molecule has 1 amide bonds. The van der Waals surface area contributed by atoms with Crippen molar-refractivity contribution >= 4 is 17.8 Å². The molecule has 0 atom stereocenters. The van der Waals surface area contributed by atoms with Crippen molar-refractivity contribution in [3.05, 3.63) is 35.9 Å². The molecule has 0 bridgehead atoms. The number of nitrogens with two attached hydrogens (primary N) is 1. The fraction of sp³-hybridized carbons (Fsp3) is 0.100. The number of nitrogens with zero attached hydrogens (tertiary/aromatic N) is 1. The molecule has 0 fully saturated rings. The van der Waals surface area contributed by atoms with Crippen LogP contribution in [-0.2, 0) is 14.4 Å². The summed E-state index contributed by atoms with van der Waals surface area (Å²) in [5, 5.41) is 3.48. The molecule has 0 aliphatic carbocycles. The van der Waals surface area contributed by atoms with Gasteiger partial charge in [0.05, 0.1) is 0 Å². The molecule has 16 heavy (non-hydrogen) atoms. The summed E-state index contributed by atoms with van der Waals surface area (Å²) in [5.74, 6) is -0.958. The van der Waals surface area contributed by atoms with Crippen LogP contribution >= 0.6 is 0 Å². The summed E-state index contributed by atoms with van der Waals surface area (Å²) < 4.78 is 4.21. The standard InChI is InChI=1S/C10H10N2O4/c1-15-12-8(9(13)16-10(11)14)7-5-3-2-4-6-7/h2-6H,1H3,(H2,11,14). The predicted octanol–water partition coefficient (Wildman–Crippen LogP) is 0.659. The highest BCUT2D eigenvalue weighted by molar-refractivity contribution is 6.44. The average molecular weight is 222 g/mol. The molecule has 0 radical (unpaired) electrons. The quantitative estimate of drug-likeness (QED) is 0.352. The monoisotopic (exact) mass is 222 g/mol. The molecule has 1 aromatic carbocycles. The van der Waals surface area contributed by atoms with Gasteiger partial charge in [-0.3, -0.25) is 0 Å². The normalized spacial score (nSPS) is 10.7. The third-order valence-electron chi connectivity index (χ3n) is 1.62. The number of amides is 1. The minimum absolute atomic E-state index is 0.123. The first-order valence-electron chi connectivity index (χ1n) is 4.33. The van der Waals surface area contributed by atoms with E-state index < -0.39 is 12.1 Å². The molecule has 2 N–H and O–H groups in total. The third kappa shape index (κ3) is 3.09. The largest absolute Gasteiger partial charge is 0.412 e. The van der Waals surface area contributed by atoms with E-state index in [-0.39, 0.29) is 5.71 Å². The minimum Gasteiger partial charge on any atom is -0.398 e. The van der Waals surface area contributed by atoms with Crippen molar-refractivity contribution in [3.8, 4) is 0 Å². The van der Waals surface area contributed by atoms with Gasteiger partial charge < -0.3 is 15.3 Å². The molecule has 1 aromatic rings. The zero-order chi connectivity index (χ0) is 12.0. The van der Waals surface area contributed by atoms with Crippen molar-refractivity contribution in [3.63, 3.8) is 0 Å². The van der Waals surface area contributed by atoms with Crippen LogP contribution in [0.2, 0.25) is 0 Å². The molecule has 6 nitrogen and oxygen atoms in total. The summed E-state index contributed by atoms with van der Waals surface area (Å²) in [6.07, 6.45) is -1.19. The van der Waals surface area contributed by atoms with Crippen LogP contribution < -0.4 is 5.73 Å². The van der Waals surface area contributed by atoms with Crippen molar-refractivity contribution in [2.75, 3.05) is 7.11 Å². The molecule has 0 unspecified atom stereocenters. The number of rotatable bonds is 3. The third-order valence-corrected chi connectivity index (χ3v) is 1.62. The van der Waals surface area contributed by atoms with E-state index in [2.05, 4.69) is 14.7 Å². The number of carbonyl (C=O) groups is 2. The van der Waals surface area contributed by atoms with Gasteiger partial charge in [0.1, 0.15) is 7.11 Å². The van der Waals surface area contributed by atoms with Gasteiger partial charge in [0, 0.05) is 5.56 Å². The maximum absolute atomic E-state index is 11.4. The lowest BCUT2D eigenvalue weighted by Crippen LogP contribution is -2.25. The maximum atomic E-state index is 11.4. The summed E-state index contributed by atoms with van der Waals surface area (Å²) in [6.45, 7) is 0. The first-order chi connectivity index (χ1) is 7.65. The predicted molar refractivity (Wildman–Crippen MR) is 55.7 cm³/mol. The van der Waals surface area contributed by atoms with Gasteiger partial charge in [-0.15, -0.1) is 0 Å². The Kier molecular flexibility index (Phi) is 4.02. The van der Waals surface area contributed by atoms with Gasteiger partial charge in [-0.1, -0.05) is 35.5 Å². The Balaban J connectivity index is 2.97. The van der Waals surface area contributed by atoms with Crippen molar-refractivity contribution in [1.29, 1.82) is 0 Å². The molecule has 0 aromatic heterocycles. The Morgan fingerprint density at radius 2 is 1.88 bits per heavy atom. The lowest BCUT2D eigenvalue weighted by Gasteiger charge is -2.03. The van der Waals surface area contributed by atoms with E-state index >= 15 is 0 Å². The van der Waals surface area contributed by atoms with Crippen LogP contribution in [0.5, 0.6) is 0 Å². The second kappa shape index (κ2) is 5.50. The van der Waals surface area contributed by atoms with Crippen LogP contribution in [0.4, 0.5) is 4.79 Å². The number of hydrogen-bond donors (Lipinski definition) is 1.